The number of hydrogen-bond acceptors (Lipinski definition) is 3. The van der Waals surface area contributed by atoms with Gasteiger partial charge in [-0.05, 0) is 13.0 Å². The smallest absolute Gasteiger partial charge is 0.382 e. The van der Waals surface area contributed by atoms with Crippen molar-refractivity contribution < 1.29 is 23.1 Å². The molecule has 2 atom stereocenters. The van der Waals surface area contributed by atoms with Crippen LogP contribution in [0.4, 0.5) is 13.2 Å². The zero-order valence-electron chi connectivity index (χ0n) is 8.38. The van der Waals surface area contributed by atoms with Crippen molar-refractivity contribution in [1.29, 1.82) is 0 Å². The van der Waals surface area contributed by atoms with Crippen LogP contribution >= 0.6 is 12.4 Å². The summed E-state index contributed by atoms with van der Waals surface area (Å²) in [5.74, 6) is -0.728. The largest absolute Gasteiger partial charge is 0.416 e. The van der Waals surface area contributed by atoms with Crippen molar-refractivity contribution in [2.24, 2.45) is 5.92 Å². The van der Waals surface area contributed by atoms with E-state index in [2.05, 4.69) is 10.6 Å². The predicted octanol–water partition coefficient (Wildman–Crippen LogP) is 0.0571. The van der Waals surface area contributed by atoms with Crippen LogP contribution in [0.25, 0.3) is 0 Å². The molecule has 16 heavy (non-hydrogen) atoms. The Labute approximate surface area is 97.0 Å². The number of amides is 1. The second-order valence-corrected chi connectivity index (χ2v) is 3.49. The molecule has 0 aromatic carbocycles. The monoisotopic (exact) mass is 262 g/mol. The minimum atomic E-state index is -4.68. The van der Waals surface area contributed by atoms with E-state index in [0.717, 1.165) is 0 Å². The first-order chi connectivity index (χ1) is 6.91. The van der Waals surface area contributed by atoms with Crippen LogP contribution < -0.4 is 10.6 Å². The van der Waals surface area contributed by atoms with Gasteiger partial charge in [0.05, 0.1) is 12.5 Å². The number of aliphatic hydroxyl groups is 1. The first kappa shape index (κ1) is 15.5. The molecular formula is C8H14ClF3N2O2. The van der Waals surface area contributed by atoms with Gasteiger partial charge in [0, 0.05) is 6.54 Å². The molecule has 0 saturated carbocycles. The number of halogens is 4. The number of aliphatic hydroxyl groups excluding tert-OH is 1. The summed E-state index contributed by atoms with van der Waals surface area (Å²) in [7, 11) is 0. The molecule has 0 radical (unpaired) electrons. The second-order valence-electron chi connectivity index (χ2n) is 3.49. The molecule has 0 aliphatic carbocycles. The first-order valence-electron chi connectivity index (χ1n) is 4.64. The van der Waals surface area contributed by atoms with E-state index in [9.17, 15) is 18.0 Å². The molecule has 8 heteroatoms. The van der Waals surface area contributed by atoms with E-state index in [4.69, 9.17) is 5.11 Å². The number of nitrogens with one attached hydrogen (secondary N) is 2. The van der Waals surface area contributed by atoms with Crippen molar-refractivity contribution >= 4 is 18.3 Å². The molecule has 0 aromatic rings. The van der Waals surface area contributed by atoms with Gasteiger partial charge in [-0.3, -0.25) is 4.79 Å². The Bertz CT molecular complexity index is 232. The van der Waals surface area contributed by atoms with E-state index in [1.54, 1.807) is 0 Å². The third-order valence-electron chi connectivity index (χ3n) is 2.28. The van der Waals surface area contributed by atoms with Crippen LogP contribution in [-0.2, 0) is 4.79 Å². The lowest BCUT2D eigenvalue weighted by atomic mass is 10.1. The number of carbonyl (C=O) groups excluding carboxylic acids is 1. The highest BCUT2D eigenvalue weighted by Gasteiger charge is 2.38. The van der Waals surface area contributed by atoms with Crippen molar-refractivity contribution in [2.75, 3.05) is 19.6 Å². The van der Waals surface area contributed by atoms with Crippen molar-refractivity contribution in [1.82, 2.24) is 10.6 Å². The lowest BCUT2D eigenvalue weighted by molar-refractivity contribution is -0.201. The average molecular weight is 263 g/mol. The molecule has 1 amide bonds. The van der Waals surface area contributed by atoms with Gasteiger partial charge < -0.3 is 15.7 Å². The van der Waals surface area contributed by atoms with Gasteiger partial charge in [0.1, 0.15) is 0 Å². The minimum absolute atomic E-state index is 0. The molecule has 1 aliphatic rings. The molecule has 2 unspecified atom stereocenters. The molecule has 0 spiro atoms. The maximum Gasteiger partial charge on any atom is 0.416 e. The normalized spacial score (nSPS) is 22.4. The van der Waals surface area contributed by atoms with Gasteiger partial charge in [-0.15, -0.1) is 12.4 Å². The van der Waals surface area contributed by atoms with Crippen LogP contribution in [0.3, 0.4) is 0 Å². The predicted molar refractivity (Wildman–Crippen MR) is 53.3 cm³/mol. The average Bonchev–Trinajstić information content (AvgIpc) is 2.64. The third-order valence-corrected chi connectivity index (χ3v) is 2.28. The Morgan fingerprint density at radius 2 is 2.19 bits per heavy atom. The highest BCUT2D eigenvalue weighted by Crippen LogP contribution is 2.19. The Morgan fingerprint density at radius 1 is 1.56 bits per heavy atom. The summed E-state index contributed by atoms with van der Waals surface area (Å²) in [4.78, 5) is 11.2. The van der Waals surface area contributed by atoms with Crippen molar-refractivity contribution in [3.8, 4) is 0 Å². The van der Waals surface area contributed by atoms with Gasteiger partial charge in [0.15, 0.2) is 6.10 Å². The van der Waals surface area contributed by atoms with Crippen molar-refractivity contribution in [3.05, 3.63) is 0 Å². The zero-order chi connectivity index (χ0) is 11.5. The molecule has 0 bridgehead atoms. The van der Waals surface area contributed by atoms with E-state index in [-0.39, 0.29) is 18.3 Å². The Balaban J connectivity index is 0.00000225. The van der Waals surface area contributed by atoms with Crippen LogP contribution in [0.1, 0.15) is 6.42 Å². The summed E-state index contributed by atoms with van der Waals surface area (Å²) in [5, 5.41) is 13.6. The Morgan fingerprint density at radius 3 is 2.62 bits per heavy atom. The maximum absolute atomic E-state index is 11.9. The fraction of sp³-hybridized carbons (Fsp3) is 0.875. The molecular weight excluding hydrogens is 249 g/mol. The van der Waals surface area contributed by atoms with E-state index in [1.165, 1.54) is 0 Å². The summed E-state index contributed by atoms with van der Waals surface area (Å²) in [6, 6.07) is 0. The van der Waals surface area contributed by atoms with Crippen molar-refractivity contribution in [2.45, 2.75) is 18.7 Å². The van der Waals surface area contributed by atoms with Gasteiger partial charge in [0.2, 0.25) is 5.91 Å². The SMILES string of the molecule is Cl.O=C(NCC(O)C(F)(F)F)C1CCNC1. The summed E-state index contributed by atoms with van der Waals surface area (Å²) >= 11 is 0. The molecule has 4 nitrogen and oxygen atoms in total. The lowest BCUT2D eigenvalue weighted by Crippen LogP contribution is -2.43. The van der Waals surface area contributed by atoms with Crippen LogP contribution in [0.15, 0.2) is 0 Å². The third kappa shape index (κ3) is 4.54. The summed E-state index contributed by atoms with van der Waals surface area (Å²) in [6.45, 7) is 0.396. The molecule has 0 aromatic heterocycles. The molecule has 1 rings (SSSR count). The van der Waals surface area contributed by atoms with Gasteiger partial charge in [-0.1, -0.05) is 0 Å². The highest BCUT2D eigenvalue weighted by molar-refractivity contribution is 5.85. The van der Waals surface area contributed by atoms with Gasteiger partial charge >= 0.3 is 6.18 Å². The molecule has 1 heterocycles. The number of hydrogen-bond donors (Lipinski definition) is 3. The van der Waals surface area contributed by atoms with Crippen LogP contribution in [0, 0.1) is 5.92 Å². The first-order valence-corrected chi connectivity index (χ1v) is 4.64. The molecule has 96 valence electrons. The summed E-state index contributed by atoms with van der Waals surface area (Å²) in [6.07, 6.45) is -6.55. The summed E-state index contributed by atoms with van der Waals surface area (Å²) < 4.78 is 35.6. The van der Waals surface area contributed by atoms with Crippen LogP contribution in [-0.4, -0.2) is 42.9 Å². The van der Waals surface area contributed by atoms with E-state index in [0.29, 0.717) is 19.5 Å². The standard InChI is InChI=1S/C8H13F3N2O2.ClH/c9-8(10,11)6(14)4-13-7(15)5-1-2-12-3-5;/h5-6,12,14H,1-4H2,(H,13,15);1H. The van der Waals surface area contributed by atoms with E-state index < -0.39 is 24.7 Å². The van der Waals surface area contributed by atoms with Crippen LogP contribution in [0.2, 0.25) is 0 Å². The summed E-state index contributed by atoms with van der Waals surface area (Å²) in [5.41, 5.74) is 0. The van der Waals surface area contributed by atoms with Gasteiger partial charge in [0.25, 0.3) is 0 Å². The molecule has 1 aliphatic heterocycles. The lowest BCUT2D eigenvalue weighted by Gasteiger charge is -2.16. The van der Waals surface area contributed by atoms with Crippen molar-refractivity contribution in [3.63, 3.8) is 0 Å². The second kappa shape index (κ2) is 6.27. The fourth-order valence-electron chi connectivity index (χ4n) is 1.34. The van der Waals surface area contributed by atoms with Gasteiger partial charge in [-0.25, -0.2) is 0 Å². The number of alkyl halides is 3. The number of rotatable bonds is 3. The Hall–Kier alpha value is -0.530. The fourth-order valence-corrected chi connectivity index (χ4v) is 1.34. The van der Waals surface area contributed by atoms with E-state index in [1.807, 2.05) is 0 Å². The highest BCUT2D eigenvalue weighted by atomic mass is 35.5. The van der Waals surface area contributed by atoms with E-state index >= 15 is 0 Å². The van der Waals surface area contributed by atoms with Crippen LogP contribution in [0.5, 0.6) is 0 Å². The number of carbonyl (C=O) groups is 1. The molecule has 1 saturated heterocycles. The van der Waals surface area contributed by atoms with Gasteiger partial charge in [-0.2, -0.15) is 13.2 Å². The quantitative estimate of drug-likeness (QED) is 0.674. The minimum Gasteiger partial charge on any atom is -0.382 e. The Kier molecular flexibility index (Phi) is 6.06. The zero-order valence-corrected chi connectivity index (χ0v) is 9.20. The molecule has 1 fully saturated rings. The maximum atomic E-state index is 11.9. The molecule has 3 N–H and O–H groups in total. The topological polar surface area (TPSA) is 61.4 Å².